The second-order valence-electron chi connectivity index (χ2n) is 3.53. The quantitative estimate of drug-likeness (QED) is 0.713. The third-order valence-electron chi connectivity index (χ3n) is 2.62. The smallest absolute Gasteiger partial charge is 0.198 e. The predicted molar refractivity (Wildman–Crippen MR) is 65.0 cm³/mol. The lowest BCUT2D eigenvalue weighted by Crippen LogP contribution is -2.23. The molecule has 1 atom stereocenters. The van der Waals surface area contributed by atoms with Crippen LogP contribution in [0.3, 0.4) is 0 Å². The zero-order valence-electron chi connectivity index (χ0n) is 10.6. The van der Waals surface area contributed by atoms with E-state index >= 15 is 0 Å². The molecule has 0 bridgehead atoms. The van der Waals surface area contributed by atoms with E-state index in [4.69, 9.17) is 14.2 Å². The summed E-state index contributed by atoms with van der Waals surface area (Å²) >= 11 is 0. The lowest BCUT2D eigenvalue weighted by atomic mass is 10.0. The minimum atomic E-state index is -0.472. The first kappa shape index (κ1) is 13.5. The Morgan fingerprint density at radius 2 is 1.71 bits per heavy atom. The Kier molecular flexibility index (Phi) is 4.97. The number of hydrogen-bond acceptors (Lipinski definition) is 4. The van der Waals surface area contributed by atoms with E-state index in [1.165, 1.54) is 21.3 Å². The molecule has 17 heavy (non-hydrogen) atoms. The summed E-state index contributed by atoms with van der Waals surface area (Å²) in [6.07, 6.45) is 0.136. The maximum atomic E-state index is 12.3. The third-order valence-corrected chi connectivity index (χ3v) is 2.62. The number of rotatable bonds is 6. The van der Waals surface area contributed by atoms with Crippen LogP contribution in [-0.2, 0) is 4.74 Å². The summed E-state index contributed by atoms with van der Waals surface area (Å²) in [4.78, 5) is 12.3. The largest absolute Gasteiger partial charge is 0.496 e. The Hall–Kier alpha value is -1.55. The van der Waals surface area contributed by atoms with Crippen molar-refractivity contribution in [3.05, 3.63) is 23.8 Å². The van der Waals surface area contributed by atoms with Crippen molar-refractivity contribution < 1.29 is 19.0 Å². The second kappa shape index (κ2) is 6.25. The third kappa shape index (κ3) is 2.77. The number of Topliss-reactive ketones (excluding diaryl/α,β-unsaturated/α-hetero) is 1. The molecule has 0 amide bonds. The van der Waals surface area contributed by atoms with Crippen LogP contribution < -0.4 is 9.47 Å². The minimum absolute atomic E-state index is 0.121. The summed E-state index contributed by atoms with van der Waals surface area (Å²) in [7, 11) is 4.58. The Morgan fingerprint density at radius 3 is 2.06 bits per heavy atom. The first-order chi connectivity index (χ1) is 8.19. The highest BCUT2D eigenvalue weighted by Crippen LogP contribution is 2.30. The topological polar surface area (TPSA) is 44.8 Å². The number of carbonyl (C=O) groups excluding carboxylic acids is 1. The fourth-order valence-electron chi connectivity index (χ4n) is 1.71. The first-order valence-corrected chi connectivity index (χ1v) is 5.47. The molecule has 1 aromatic carbocycles. The van der Waals surface area contributed by atoms with E-state index in [9.17, 15) is 4.79 Å². The summed E-state index contributed by atoms with van der Waals surface area (Å²) in [6, 6.07) is 5.25. The van der Waals surface area contributed by atoms with Gasteiger partial charge in [-0.15, -0.1) is 0 Å². The molecule has 0 aromatic heterocycles. The van der Waals surface area contributed by atoms with E-state index in [1.54, 1.807) is 18.2 Å². The van der Waals surface area contributed by atoms with Crippen molar-refractivity contribution in [1.82, 2.24) is 0 Å². The van der Waals surface area contributed by atoms with Crippen LogP contribution in [0.1, 0.15) is 23.7 Å². The molecule has 0 N–H and O–H groups in total. The molecular weight excluding hydrogens is 220 g/mol. The van der Waals surface area contributed by atoms with Gasteiger partial charge in [0.2, 0.25) is 0 Å². The molecule has 0 heterocycles. The van der Waals surface area contributed by atoms with Gasteiger partial charge in [0.05, 0.1) is 14.2 Å². The van der Waals surface area contributed by atoms with E-state index in [-0.39, 0.29) is 5.78 Å². The van der Waals surface area contributed by atoms with E-state index < -0.39 is 6.10 Å². The monoisotopic (exact) mass is 238 g/mol. The Bertz CT molecular complexity index is 361. The van der Waals surface area contributed by atoms with E-state index in [1.807, 2.05) is 6.92 Å². The molecule has 1 rings (SSSR count). The molecule has 0 saturated heterocycles. The van der Waals surface area contributed by atoms with Gasteiger partial charge in [-0.25, -0.2) is 0 Å². The fraction of sp³-hybridized carbons (Fsp3) is 0.462. The highest BCUT2D eigenvalue weighted by atomic mass is 16.5. The SMILES string of the molecule is CCC(OC)C(=O)c1c(OC)cccc1OC. The number of benzene rings is 1. The molecule has 0 spiro atoms. The van der Waals surface area contributed by atoms with Crippen molar-refractivity contribution >= 4 is 5.78 Å². The average molecular weight is 238 g/mol. The van der Waals surface area contributed by atoms with Crippen LogP contribution in [0.4, 0.5) is 0 Å². The summed E-state index contributed by atoms with van der Waals surface area (Å²) in [5.41, 5.74) is 0.436. The molecule has 94 valence electrons. The number of ketones is 1. The van der Waals surface area contributed by atoms with Crippen LogP contribution in [0, 0.1) is 0 Å². The lowest BCUT2D eigenvalue weighted by molar-refractivity contribution is 0.0589. The normalized spacial score (nSPS) is 12.0. The van der Waals surface area contributed by atoms with Gasteiger partial charge in [-0.05, 0) is 18.6 Å². The number of hydrogen-bond donors (Lipinski definition) is 0. The van der Waals surface area contributed by atoms with Gasteiger partial charge in [0.15, 0.2) is 5.78 Å². The molecule has 0 saturated carbocycles. The molecule has 0 aliphatic heterocycles. The van der Waals surface area contributed by atoms with Crippen molar-refractivity contribution in [1.29, 1.82) is 0 Å². The van der Waals surface area contributed by atoms with Crippen molar-refractivity contribution in [2.75, 3.05) is 21.3 Å². The summed E-state index contributed by atoms with van der Waals surface area (Å²) < 4.78 is 15.5. The van der Waals surface area contributed by atoms with Gasteiger partial charge in [0, 0.05) is 7.11 Å². The first-order valence-electron chi connectivity index (χ1n) is 5.47. The van der Waals surface area contributed by atoms with E-state index in [2.05, 4.69) is 0 Å². The summed E-state index contributed by atoms with van der Waals surface area (Å²) in [5.74, 6) is 0.888. The molecular formula is C13H18O4. The molecule has 0 aliphatic rings. The average Bonchev–Trinajstić information content (AvgIpc) is 2.38. The molecule has 4 heteroatoms. The predicted octanol–water partition coefficient (Wildman–Crippen LogP) is 2.31. The zero-order valence-corrected chi connectivity index (χ0v) is 10.6. The fourth-order valence-corrected chi connectivity index (χ4v) is 1.71. The van der Waals surface area contributed by atoms with Crippen LogP contribution >= 0.6 is 0 Å². The van der Waals surface area contributed by atoms with Crippen molar-refractivity contribution in [2.45, 2.75) is 19.4 Å². The van der Waals surface area contributed by atoms with Crippen LogP contribution in [0.25, 0.3) is 0 Å². The van der Waals surface area contributed by atoms with Gasteiger partial charge in [-0.3, -0.25) is 4.79 Å². The van der Waals surface area contributed by atoms with Gasteiger partial charge in [0.25, 0.3) is 0 Å². The highest BCUT2D eigenvalue weighted by molar-refractivity contribution is 6.04. The Morgan fingerprint density at radius 1 is 1.18 bits per heavy atom. The molecule has 1 unspecified atom stereocenters. The summed E-state index contributed by atoms with van der Waals surface area (Å²) in [6.45, 7) is 1.90. The van der Waals surface area contributed by atoms with Crippen LogP contribution in [0.2, 0.25) is 0 Å². The number of methoxy groups -OCH3 is 3. The van der Waals surface area contributed by atoms with Crippen molar-refractivity contribution in [3.63, 3.8) is 0 Å². The van der Waals surface area contributed by atoms with Crippen molar-refractivity contribution in [3.8, 4) is 11.5 Å². The van der Waals surface area contributed by atoms with Gasteiger partial charge >= 0.3 is 0 Å². The number of ether oxygens (including phenoxy) is 3. The highest BCUT2D eigenvalue weighted by Gasteiger charge is 2.24. The molecule has 1 aromatic rings. The second-order valence-corrected chi connectivity index (χ2v) is 3.53. The molecule has 0 aliphatic carbocycles. The standard InChI is InChI=1S/C13H18O4/c1-5-9(15-2)13(14)12-10(16-3)7-6-8-11(12)17-4/h6-9H,5H2,1-4H3. The molecule has 0 radical (unpaired) electrons. The molecule has 4 nitrogen and oxygen atoms in total. The summed E-state index contributed by atoms with van der Waals surface area (Å²) in [5, 5.41) is 0. The maximum absolute atomic E-state index is 12.3. The van der Waals surface area contributed by atoms with Crippen LogP contribution in [0.5, 0.6) is 11.5 Å². The number of carbonyl (C=O) groups is 1. The van der Waals surface area contributed by atoms with Gasteiger partial charge < -0.3 is 14.2 Å². The maximum Gasteiger partial charge on any atom is 0.198 e. The zero-order chi connectivity index (χ0) is 12.8. The van der Waals surface area contributed by atoms with Crippen LogP contribution in [0.15, 0.2) is 18.2 Å². The van der Waals surface area contributed by atoms with E-state index in [0.717, 1.165) is 0 Å². The van der Waals surface area contributed by atoms with Gasteiger partial charge in [-0.1, -0.05) is 13.0 Å². The van der Waals surface area contributed by atoms with Gasteiger partial charge in [0.1, 0.15) is 23.2 Å². The minimum Gasteiger partial charge on any atom is -0.496 e. The Labute approximate surface area is 101 Å². The lowest BCUT2D eigenvalue weighted by Gasteiger charge is -2.16. The molecule has 0 fully saturated rings. The van der Waals surface area contributed by atoms with Gasteiger partial charge in [-0.2, -0.15) is 0 Å². The van der Waals surface area contributed by atoms with E-state index in [0.29, 0.717) is 23.5 Å². The van der Waals surface area contributed by atoms with Crippen LogP contribution in [-0.4, -0.2) is 33.2 Å². The van der Waals surface area contributed by atoms with Crippen molar-refractivity contribution in [2.24, 2.45) is 0 Å². The Balaban J connectivity index is 3.22.